The lowest BCUT2D eigenvalue weighted by molar-refractivity contribution is -0.125. The Kier molecular flexibility index (Phi) is 15.3. The molecule has 0 radical (unpaired) electrons. The number of sulfonamides is 1. The molecule has 0 aliphatic heterocycles. The van der Waals surface area contributed by atoms with Crippen LogP contribution in [0.15, 0.2) is 88.0 Å². The number of rotatable bonds is 18. The van der Waals surface area contributed by atoms with Crippen LogP contribution in [0.4, 0.5) is 4.79 Å². The normalized spacial score (nSPS) is 16.2. The predicted octanol–water partition coefficient (Wildman–Crippen LogP) is 3.51. The van der Waals surface area contributed by atoms with E-state index < -0.39 is 40.1 Å². The maximum absolute atomic E-state index is 14.1. The number of aliphatic hydroxyl groups excluding tert-OH is 1. The molecule has 1 fully saturated rings. The molecular formula is C38H52N8O7S. The fraction of sp³-hybridized carbons (Fsp3) is 0.447. The van der Waals surface area contributed by atoms with Crippen LogP contribution in [0.2, 0.25) is 0 Å². The van der Waals surface area contributed by atoms with Gasteiger partial charge >= 0.3 is 6.03 Å². The van der Waals surface area contributed by atoms with Crippen molar-refractivity contribution in [2.45, 2.75) is 82.0 Å². The van der Waals surface area contributed by atoms with E-state index in [0.717, 1.165) is 31.2 Å². The highest BCUT2D eigenvalue weighted by atomic mass is 32.2. The molecule has 292 valence electrons. The molecule has 0 saturated heterocycles. The third kappa shape index (κ3) is 11.5. The molecule has 7 N–H and O–H groups in total. The smallest absolute Gasteiger partial charge is 0.318 e. The standard InChI is InChI=1S/C38H52N8O7S/c1-4-26(2)35(43-38(49)45(3)24-30-15-10-16-32(41-30)36(39)44-51)37(48)42-33(21-27-11-6-5-7-12-27)34(47)25-46(23-29-13-8-9-14-29)54(52,53)31-19-17-28(18-20-31)22-40-50/h5-7,10-12,15-20,22,26,29,33-35,47,50-51H,4,8-9,13-14,21,23-25H2,1-3H3,(H2,39,44)(H,42,48)(H,43,49)/b40-22+/t26-,33-,34+,35-/m0/s1. The minimum atomic E-state index is -4.08. The number of benzene rings is 2. The van der Waals surface area contributed by atoms with Crippen LogP contribution in [0.5, 0.6) is 0 Å². The quantitative estimate of drug-likeness (QED) is 0.0482. The summed E-state index contributed by atoms with van der Waals surface area (Å²) in [6.07, 6.45) is 4.36. The zero-order valence-electron chi connectivity index (χ0n) is 31.0. The summed E-state index contributed by atoms with van der Waals surface area (Å²) in [6, 6.07) is 17.7. The molecule has 15 nitrogen and oxygen atoms in total. The van der Waals surface area contributed by atoms with E-state index in [-0.39, 0.29) is 54.3 Å². The molecule has 1 heterocycles. The van der Waals surface area contributed by atoms with Crippen LogP contribution < -0.4 is 16.4 Å². The topological polar surface area (TPSA) is 223 Å². The number of oxime groups is 2. The summed E-state index contributed by atoms with van der Waals surface area (Å²) < 4.78 is 29.5. The van der Waals surface area contributed by atoms with Gasteiger partial charge in [-0.15, -0.1) is 0 Å². The Hall–Kier alpha value is -5.06. The lowest BCUT2D eigenvalue weighted by Gasteiger charge is -2.33. The Morgan fingerprint density at radius 1 is 1.02 bits per heavy atom. The molecule has 3 aromatic rings. The summed E-state index contributed by atoms with van der Waals surface area (Å²) in [7, 11) is -2.53. The van der Waals surface area contributed by atoms with Crippen LogP contribution in [0.25, 0.3) is 0 Å². The minimum Gasteiger partial charge on any atom is -0.411 e. The monoisotopic (exact) mass is 764 g/mol. The summed E-state index contributed by atoms with van der Waals surface area (Å²) in [5.41, 5.74) is 7.72. The van der Waals surface area contributed by atoms with Crippen LogP contribution >= 0.6 is 0 Å². The molecule has 1 aromatic heterocycles. The zero-order valence-corrected chi connectivity index (χ0v) is 31.8. The second-order valence-corrected chi connectivity index (χ2v) is 15.8. The van der Waals surface area contributed by atoms with Crippen molar-refractivity contribution in [3.8, 4) is 0 Å². The first-order chi connectivity index (χ1) is 25.9. The number of nitrogens with one attached hydrogen (secondary N) is 2. The van der Waals surface area contributed by atoms with Crippen LogP contribution in [-0.2, 0) is 27.8 Å². The SMILES string of the molecule is CC[C@H](C)[C@H](NC(=O)N(C)Cc1cccc(/C(N)=N/O)n1)C(=O)N[C@@H](Cc1ccccc1)[C@H](O)CN(CC1CCCC1)S(=O)(=O)c1ccc(/C=N/O)cc1. The van der Waals surface area contributed by atoms with Crippen molar-refractivity contribution in [2.24, 2.45) is 27.9 Å². The molecule has 4 atom stereocenters. The molecule has 1 saturated carbocycles. The molecule has 0 bridgehead atoms. The Balaban J connectivity index is 1.57. The van der Waals surface area contributed by atoms with E-state index in [1.165, 1.54) is 39.7 Å². The van der Waals surface area contributed by atoms with Crippen LogP contribution in [0, 0.1) is 11.8 Å². The van der Waals surface area contributed by atoms with Crippen molar-refractivity contribution < 1.29 is 33.5 Å². The molecule has 3 amide bonds. The van der Waals surface area contributed by atoms with E-state index in [9.17, 15) is 23.1 Å². The van der Waals surface area contributed by atoms with Gasteiger partial charge in [0.15, 0.2) is 5.84 Å². The van der Waals surface area contributed by atoms with Crippen LogP contribution in [0.3, 0.4) is 0 Å². The second-order valence-electron chi connectivity index (χ2n) is 13.8. The van der Waals surface area contributed by atoms with Gasteiger partial charge in [-0.1, -0.05) is 92.0 Å². The maximum atomic E-state index is 14.1. The number of carbonyl (C=O) groups is 2. The van der Waals surface area contributed by atoms with E-state index >= 15 is 0 Å². The highest BCUT2D eigenvalue weighted by molar-refractivity contribution is 7.89. The van der Waals surface area contributed by atoms with Crippen molar-refractivity contribution in [1.82, 2.24) is 24.8 Å². The first-order valence-corrected chi connectivity index (χ1v) is 19.6. The van der Waals surface area contributed by atoms with Gasteiger partial charge in [0.1, 0.15) is 11.7 Å². The van der Waals surface area contributed by atoms with Crippen molar-refractivity contribution in [1.29, 1.82) is 0 Å². The number of urea groups is 1. The molecule has 4 rings (SSSR count). The van der Waals surface area contributed by atoms with Gasteiger partial charge in [-0.3, -0.25) is 4.79 Å². The average Bonchev–Trinajstić information content (AvgIpc) is 3.69. The van der Waals surface area contributed by atoms with Gasteiger partial charge in [-0.2, -0.15) is 4.31 Å². The van der Waals surface area contributed by atoms with E-state index in [2.05, 4.69) is 25.9 Å². The highest BCUT2D eigenvalue weighted by Gasteiger charge is 2.35. The van der Waals surface area contributed by atoms with Gasteiger partial charge in [-0.25, -0.2) is 18.2 Å². The van der Waals surface area contributed by atoms with Crippen LogP contribution in [-0.4, -0.2) is 100 Å². The van der Waals surface area contributed by atoms with Gasteiger partial charge < -0.3 is 36.8 Å². The van der Waals surface area contributed by atoms with Crippen molar-refractivity contribution in [3.05, 3.63) is 95.3 Å². The Morgan fingerprint density at radius 2 is 1.70 bits per heavy atom. The largest absolute Gasteiger partial charge is 0.411 e. The molecule has 2 aromatic carbocycles. The maximum Gasteiger partial charge on any atom is 0.318 e. The van der Waals surface area contributed by atoms with E-state index in [1.54, 1.807) is 25.2 Å². The number of aliphatic hydroxyl groups is 1. The summed E-state index contributed by atoms with van der Waals surface area (Å²) in [5.74, 6) is -0.886. The highest BCUT2D eigenvalue weighted by Crippen LogP contribution is 2.28. The van der Waals surface area contributed by atoms with Gasteiger partial charge in [0, 0.05) is 20.1 Å². The van der Waals surface area contributed by atoms with Gasteiger partial charge in [0.25, 0.3) is 0 Å². The third-order valence-corrected chi connectivity index (χ3v) is 11.7. The minimum absolute atomic E-state index is 0.0296. The number of pyridine rings is 1. The number of amides is 3. The Bertz CT molecular complexity index is 1840. The molecule has 1 aliphatic carbocycles. The second kappa shape index (κ2) is 19.9. The summed E-state index contributed by atoms with van der Waals surface area (Å²) in [5, 5.41) is 41.6. The molecule has 1 aliphatic rings. The fourth-order valence-electron chi connectivity index (χ4n) is 6.47. The lowest BCUT2D eigenvalue weighted by Crippen LogP contribution is -2.58. The van der Waals surface area contributed by atoms with Crippen molar-refractivity contribution >= 4 is 34.0 Å². The third-order valence-electron chi connectivity index (χ3n) is 9.84. The van der Waals surface area contributed by atoms with Crippen molar-refractivity contribution in [3.63, 3.8) is 0 Å². The molecule has 0 spiro atoms. The van der Waals surface area contributed by atoms with Gasteiger partial charge in [0.2, 0.25) is 15.9 Å². The van der Waals surface area contributed by atoms with Gasteiger partial charge in [0.05, 0.1) is 35.5 Å². The molecule has 16 heteroatoms. The summed E-state index contributed by atoms with van der Waals surface area (Å²) >= 11 is 0. The van der Waals surface area contributed by atoms with Crippen molar-refractivity contribution in [2.75, 3.05) is 20.1 Å². The number of carbonyl (C=O) groups excluding carboxylic acids is 2. The number of nitrogens with two attached hydrogens (primary N) is 1. The van der Waals surface area contributed by atoms with E-state index in [4.69, 9.17) is 16.1 Å². The Morgan fingerprint density at radius 3 is 2.33 bits per heavy atom. The summed E-state index contributed by atoms with van der Waals surface area (Å²) in [6.45, 7) is 3.72. The first kappa shape index (κ1) is 41.7. The number of hydrogen-bond donors (Lipinski definition) is 6. The number of aromatic nitrogens is 1. The summed E-state index contributed by atoms with van der Waals surface area (Å²) in [4.78, 5) is 33.3. The number of amidine groups is 1. The van der Waals surface area contributed by atoms with Crippen LogP contribution in [0.1, 0.15) is 68.5 Å². The predicted molar refractivity (Wildman–Crippen MR) is 205 cm³/mol. The van der Waals surface area contributed by atoms with E-state index in [0.29, 0.717) is 17.7 Å². The number of nitrogens with zero attached hydrogens (tertiary/aromatic N) is 5. The van der Waals surface area contributed by atoms with Gasteiger partial charge in [-0.05, 0) is 66.5 Å². The van der Waals surface area contributed by atoms with E-state index in [1.807, 2.05) is 44.2 Å². The lowest BCUT2D eigenvalue weighted by atomic mass is 9.96. The fourth-order valence-corrected chi connectivity index (χ4v) is 8.01. The first-order valence-electron chi connectivity index (χ1n) is 18.1. The molecule has 54 heavy (non-hydrogen) atoms. The zero-order chi connectivity index (χ0) is 39.3. The molecular weight excluding hydrogens is 713 g/mol. The average molecular weight is 765 g/mol. The number of hydrogen-bond acceptors (Lipinski definition) is 10. The Labute approximate surface area is 317 Å². The molecule has 0 unspecified atom stereocenters.